The van der Waals surface area contributed by atoms with Crippen LogP contribution in [0.15, 0.2) is 18.2 Å². The van der Waals surface area contributed by atoms with Gasteiger partial charge in [0.25, 0.3) is 0 Å². The highest BCUT2D eigenvalue weighted by Crippen LogP contribution is 2.22. The highest BCUT2D eigenvalue weighted by Gasteiger charge is 2.08. The Morgan fingerprint density at radius 2 is 1.95 bits per heavy atom. The van der Waals surface area contributed by atoms with Gasteiger partial charge in [-0.15, -0.1) is 0 Å². The Kier molecular flexibility index (Phi) is 4.30. The van der Waals surface area contributed by atoms with Crippen LogP contribution in [0.1, 0.15) is 0 Å². The first-order valence-electron chi connectivity index (χ1n) is 5.32. The first-order valence-corrected chi connectivity index (χ1v) is 6.40. The number of methoxy groups -OCH3 is 1. The van der Waals surface area contributed by atoms with Crippen LogP contribution < -0.4 is 15.4 Å². The van der Waals surface area contributed by atoms with Crippen LogP contribution in [0.5, 0.6) is 6.01 Å². The maximum absolute atomic E-state index is 13.0. The second kappa shape index (κ2) is 5.95. The largest absolute Gasteiger partial charge is 0.467 e. The topological polar surface area (TPSA) is 72.0 Å². The molecule has 0 aliphatic carbocycles. The third-order valence-corrected chi connectivity index (χ3v) is 3.09. The summed E-state index contributed by atoms with van der Waals surface area (Å²) >= 11 is 2.03. The Labute approximate surface area is 123 Å². The van der Waals surface area contributed by atoms with Gasteiger partial charge in [0.15, 0.2) is 0 Å². The number of rotatable bonds is 4. The molecule has 0 aliphatic rings. The molecule has 2 aromatic rings. The number of nitrogens with zero attached hydrogens (tertiary/aromatic N) is 3. The number of nitrogens with one attached hydrogen (secondary N) is 2. The number of hydrogen-bond acceptors (Lipinski definition) is 6. The van der Waals surface area contributed by atoms with E-state index >= 15 is 0 Å². The Morgan fingerprint density at radius 1 is 1.21 bits per heavy atom. The van der Waals surface area contributed by atoms with Crippen LogP contribution in [-0.4, -0.2) is 29.1 Å². The fourth-order valence-corrected chi connectivity index (χ4v) is 1.94. The minimum atomic E-state index is -0.293. The average Bonchev–Trinajstić information content (AvgIpc) is 2.41. The Hall–Kier alpha value is -1.71. The fourth-order valence-electron chi connectivity index (χ4n) is 1.33. The molecule has 0 saturated heterocycles. The van der Waals surface area contributed by atoms with Crippen LogP contribution >= 0.6 is 22.6 Å². The summed E-state index contributed by atoms with van der Waals surface area (Å²) in [7, 11) is 3.17. The summed E-state index contributed by atoms with van der Waals surface area (Å²) in [4.78, 5) is 12.2. The van der Waals surface area contributed by atoms with Crippen LogP contribution in [0.2, 0.25) is 0 Å². The van der Waals surface area contributed by atoms with E-state index in [1.165, 1.54) is 19.2 Å². The van der Waals surface area contributed by atoms with Crippen LogP contribution in [0.3, 0.4) is 0 Å². The molecule has 1 aromatic carbocycles. The van der Waals surface area contributed by atoms with Crippen molar-refractivity contribution in [1.82, 2.24) is 15.0 Å². The molecule has 19 heavy (non-hydrogen) atoms. The number of benzene rings is 1. The smallest absolute Gasteiger partial charge is 0.322 e. The van der Waals surface area contributed by atoms with Gasteiger partial charge >= 0.3 is 6.01 Å². The Bertz CT molecular complexity index is 573. The SMILES string of the molecule is CNc1nc(Nc2ccc(F)cc2I)nc(OC)n1. The zero-order valence-corrected chi connectivity index (χ0v) is 12.4. The summed E-state index contributed by atoms with van der Waals surface area (Å²) in [5.74, 6) is 0.409. The predicted octanol–water partition coefficient (Wildman–Crippen LogP) is 2.41. The van der Waals surface area contributed by atoms with Gasteiger partial charge in [0.1, 0.15) is 5.82 Å². The third kappa shape index (κ3) is 3.40. The summed E-state index contributed by atoms with van der Waals surface area (Å²) in [5.41, 5.74) is 0.706. The molecule has 100 valence electrons. The maximum Gasteiger partial charge on any atom is 0.322 e. The van der Waals surface area contributed by atoms with Crippen LogP contribution in [0.25, 0.3) is 0 Å². The van der Waals surface area contributed by atoms with E-state index in [2.05, 4.69) is 25.6 Å². The highest BCUT2D eigenvalue weighted by atomic mass is 127. The van der Waals surface area contributed by atoms with E-state index in [0.717, 1.165) is 3.57 Å². The molecule has 1 aromatic heterocycles. The number of hydrogen-bond donors (Lipinski definition) is 2. The lowest BCUT2D eigenvalue weighted by molar-refractivity contribution is 0.379. The molecule has 0 atom stereocenters. The zero-order chi connectivity index (χ0) is 13.8. The van der Waals surface area contributed by atoms with E-state index < -0.39 is 0 Å². The van der Waals surface area contributed by atoms with Gasteiger partial charge in [-0.25, -0.2) is 4.39 Å². The molecule has 0 saturated carbocycles. The second-order valence-corrected chi connectivity index (χ2v) is 4.63. The van der Waals surface area contributed by atoms with Gasteiger partial charge in [-0.2, -0.15) is 15.0 Å². The van der Waals surface area contributed by atoms with E-state index in [1.807, 2.05) is 22.6 Å². The van der Waals surface area contributed by atoms with E-state index in [9.17, 15) is 4.39 Å². The van der Waals surface area contributed by atoms with Gasteiger partial charge in [-0.3, -0.25) is 0 Å². The Balaban J connectivity index is 2.31. The van der Waals surface area contributed by atoms with Gasteiger partial charge in [-0.05, 0) is 40.8 Å². The minimum Gasteiger partial charge on any atom is -0.467 e. The lowest BCUT2D eigenvalue weighted by Gasteiger charge is -2.09. The van der Waals surface area contributed by atoms with Crippen LogP contribution in [0.4, 0.5) is 22.0 Å². The van der Waals surface area contributed by atoms with Crippen molar-refractivity contribution < 1.29 is 9.13 Å². The lowest BCUT2D eigenvalue weighted by Crippen LogP contribution is -2.06. The number of anilines is 3. The fraction of sp³-hybridized carbons (Fsp3) is 0.182. The van der Waals surface area contributed by atoms with Crippen molar-refractivity contribution in [3.05, 3.63) is 27.6 Å². The van der Waals surface area contributed by atoms with E-state index in [1.54, 1.807) is 13.1 Å². The normalized spacial score (nSPS) is 10.1. The van der Waals surface area contributed by atoms with Crippen LogP contribution in [0, 0.1) is 9.39 Å². The van der Waals surface area contributed by atoms with Crippen molar-refractivity contribution in [3.8, 4) is 6.01 Å². The molecule has 0 aliphatic heterocycles. The molecule has 0 fully saturated rings. The van der Waals surface area contributed by atoms with Crippen molar-refractivity contribution >= 4 is 40.2 Å². The lowest BCUT2D eigenvalue weighted by atomic mass is 10.3. The quantitative estimate of drug-likeness (QED) is 0.800. The summed E-state index contributed by atoms with van der Waals surface area (Å²) < 4.78 is 18.7. The van der Waals surface area contributed by atoms with Crippen molar-refractivity contribution in [2.24, 2.45) is 0 Å². The zero-order valence-electron chi connectivity index (χ0n) is 10.2. The monoisotopic (exact) mass is 375 g/mol. The number of aromatic nitrogens is 3. The van der Waals surface area contributed by atoms with Crippen molar-refractivity contribution in [2.75, 3.05) is 24.8 Å². The molecule has 2 N–H and O–H groups in total. The second-order valence-electron chi connectivity index (χ2n) is 3.47. The molecular formula is C11H11FIN5O. The Morgan fingerprint density at radius 3 is 2.58 bits per heavy atom. The van der Waals surface area contributed by atoms with Gasteiger partial charge in [-0.1, -0.05) is 0 Å². The maximum atomic E-state index is 13.0. The average molecular weight is 375 g/mol. The van der Waals surface area contributed by atoms with Crippen molar-refractivity contribution in [1.29, 1.82) is 0 Å². The first-order chi connectivity index (χ1) is 9.12. The van der Waals surface area contributed by atoms with E-state index in [4.69, 9.17) is 4.74 Å². The van der Waals surface area contributed by atoms with Gasteiger partial charge < -0.3 is 15.4 Å². The third-order valence-electron chi connectivity index (χ3n) is 2.20. The summed E-state index contributed by atoms with van der Waals surface area (Å²) in [6, 6.07) is 4.59. The van der Waals surface area contributed by atoms with E-state index in [0.29, 0.717) is 17.6 Å². The van der Waals surface area contributed by atoms with Crippen LogP contribution in [-0.2, 0) is 0 Å². The standard InChI is InChI=1S/C11H11FIN5O/c1-14-9-16-10(18-11(17-9)19-2)15-8-4-3-6(12)5-7(8)13/h3-5H,1-2H3,(H2,14,15,16,17,18). The van der Waals surface area contributed by atoms with E-state index in [-0.39, 0.29) is 11.8 Å². The molecular weight excluding hydrogens is 364 g/mol. The molecule has 0 unspecified atom stereocenters. The molecule has 0 amide bonds. The molecule has 0 bridgehead atoms. The summed E-state index contributed by atoms with van der Waals surface area (Å²) in [5, 5.41) is 5.80. The van der Waals surface area contributed by atoms with Crippen molar-refractivity contribution in [2.45, 2.75) is 0 Å². The summed E-state index contributed by atoms with van der Waals surface area (Å²) in [6.45, 7) is 0. The van der Waals surface area contributed by atoms with Gasteiger partial charge in [0.05, 0.1) is 12.8 Å². The van der Waals surface area contributed by atoms with Crippen molar-refractivity contribution in [3.63, 3.8) is 0 Å². The molecule has 1 heterocycles. The molecule has 6 nitrogen and oxygen atoms in total. The first kappa shape index (κ1) is 13.7. The number of halogens is 2. The molecule has 0 radical (unpaired) electrons. The molecule has 8 heteroatoms. The predicted molar refractivity (Wildman–Crippen MR) is 78.3 cm³/mol. The molecule has 0 spiro atoms. The highest BCUT2D eigenvalue weighted by molar-refractivity contribution is 14.1. The van der Waals surface area contributed by atoms with Gasteiger partial charge in [0, 0.05) is 10.6 Å². The minimum absolute atomic E-state index is 0.193. The summed E-state index contributed by atoms with van der Waals surface area (Å²) in [6.07, 6.45) is 0. The molecule has 2 rings (SSSR count). The number of ether oxygens (including phenoxy) is 1. The van der Waals surface area contributed by atoms with Gasteiger partial charge in [0.2, 0.25) is 11.9 Å².